The van der Waals surface area contributed by atoms with Crippen LogP contribution in [0.2, 0.25) is 0 Å². The van der Waals surface area contributed by atoms with E-state index in [1.807, 2.05) is 29.8 Å². The summed E-state index contributed by atoms with van der Waals surface area (Å²) in [5.41, 5.74) is 3.28. The quantitative estimate of drug-likeness (QED) is 0.727. The van der Waals surface area contributed by atoms with E-state index in [0.717, 1.165) is 22.5 Å². The van der Waals surface area contributed by atoms with Crippen molar-refractivity contribution in [3.63, 3.8) is 0 Å². The van der Waals surface area contributed by atoms with Crippen LogP contribution in [0.1, 0.15) is 23.6 Å². The molecule has 0 saturated carbocycles. The Hall–Kier alpha value is -2.51. The van der Waals surface area contributed by atoms with Crippen molar-refractivity contribution in [3.8, 4) is 17.1 Å². The molecular weight excluding hydrogens is 320 g/mol. The van der Waals surface area contributed by atoms with Gasteiger partial charge in [-0.3, -0.25) is 0 Å². The molecule has 0 aliphatic carbocycles. The summed E-state index contributed by atoms with van der Waals surface area (Å²) < 4.78 is 18.9. The Morgan fingerprint density at radius 3 is 2.76 bits per heavy atom. The van der Waals surface area contributed by atoms with Crippen molar-refractivity contribution < 1.29 is 13.9 Å². The maximum Gasteiger partial charge on any atom is 0.251 e. The van der Waals surface area contributed by atoms with Crippen LogP contribution < -0.4 is 0 Å². The van der Waals surface area contributed by atoms with Gasteiger partial charge in [0, 0.05) is 13.5 Å². The third-order valence-corrected chi connectivity index (χ3v) is 4.77. The lowest BCUT2D eigenvalue weighted by Crippen LogP contribution is -2.29. The van der Waals surface area contributed by atoms with E-state index < -0.39 is 5.60 Å². The Balaban J connectivity index is 1.72. The molecular formula is C18H20N4O3. The molecule has 1 aliphatic rings. The van der Waals surface area contributed by atoms with Gasteiger partial charge in [-0.2, -0.15) is 5.10 Å². The van der Waals surface area contributed by atoms with Crippen molar-refractivity contribution in [3.05, 3.63) is 47.6 Å². The molecule has 0 radical (unpaired) electrons. The highest BCUT2D eigenvalue weighted by molar-refractivity contribution is 5.57. The number of benzene rings is 1. The summed E-state index contributed by atoms with van der Waals surface area (Å²) in [6.45, 7) is 5.09. The van der Waals surface area contributed by atoms with Gasteiger partial charge in [-0.25, -0.2) is 4.68 Å². The zero-order valence-electron chi connectivity index (χ0n) is 14.5. The fourth-order valence-corrected chi connectivity index (χ4v) is 3.14. The number of nitrogens with zero attached hydrogens (tertiary/aromatic N) is 4. The molecule has 1 saturated heterocycles. The maximum absolute atomic E-state index is 5.93. The van der Waals surface area contributed by atoms with Gasteiger partial charge in [-0.05, 0) is 25.5 Å². The molecule has 0 amide bonds. The molecule has 1 aliphatic heterocycles. The second kappa shape index (κ2) is 6.09. The highest BCUT2D eigenvalue weighted by atomic mass is 16.6. The molecule has 7 heteroatoms. The van der Waals surface area contributed by atoms with Gasteiger partial charge in [0.05, 0.1) is 36.4 Å². The van der Waals surface area contributed by atoms with Crippen molar-refractivity contribution in [1.29, 1.82) is 0 Å². The smallest absolute Gasteiger partial charge is 0.251 e. The van der Waals surface area contributed by atoms with Crippen molar-refractivity contribution in [2.24, 2.45) is 0 Å². The van der Waals surface area contributed by atoms with Gasteiger partial charge < -0.3 is 13.9 Å². The average Bonchev–Trinajstić information content (AvgIpc) is 3.34. The Bertz CT molecular complexity index is 893. The number of ether oxygens (including phenoxy) is 2. The van der Waals surface area contributed by atoms with E-state index in [4.69, 9.17) is 13.9 Å². The standard InChI is InChI=1S/C18H20N4O3/c1-12-6-4-5-7-15(12)22-13(2)14(10-19-22)16-20-21-17(25-16)18(23-3)8-9-24-11-18/h4-7,10H,8-9,11H2,1-3H3. The average molecular weight is 340 g/mol. The predicted octanol–water partition coefficient (Wildman–Crippen LogP) is 2.80. The van der Waals surface area contributed by atoms with Gasteiger partial charge in [0.2, 0.25) is 0 Å². The first-order valence-corrected chi connectivity index (χ1v) is 8.22. The Labute approximate surface area is 145 Å². The first-order valence-electron chi connectivity index (χ1n) is 8.22. The number of para-hydroxylation sites is 1. The summed E-state index contributed by atoms with van der Waals surface area (Å²) in [4.78, 5) is 0. The van der Waals surface area contributed by atoms with Crippen LogP contribution in [-0.2, 0) is 15.1 Å². The molecule has 2 aromatic heterocycles. The van der Waals surface area contributed by atoms with E-state index in [9.17, 15) is 0 Å². The van der Waals surface area contributed by atoms with E-state index in [-0.39, 0.29) is 0 Å². The highest BCUT2D eigenvalue weighted by Gasteiger charge is 2.42. The maximum atomic E-state index is 5.93. The Morgan fingerprint density at radius 2 is 2.04 bits per heavy atom. The van der Waals surface area contributed by atoms with Crippen molar-refractivity contribution in [2.45, 2.75) is 25.9 Å². The third kappa shape index (κ3) is 2.56. The highest BCUT2D eigenvalue weighted by Crippen LogP contribution is 2.35. The lowest BCUT2D eigenvalue weighted by Gasteiger charge is -2.20. The van der Waals surface area contributed by atoms with Gasteiger partial charge in [0.15, 0.2) is 5.60 Å². The second-order valence-corrected chi connectivity index (χ2v) is 6.26. The normalized spacial score (nSPS) is 20.3. The van der Waals surface area contributed by atoms with E-state index in [2.05, 4.69) is 28.3 Å². The van der Waals surface area contributed by atoms with E-state index >= 15 is 0 Å². The zero-order chi connectivity index (χ0) is 17.4. The van der Waals surface area contributed by atoms with Crippen molar-refractivity contribution >= 4 is 0 Å². The summed E-state index contributed by atoms with van der Waals surface area (Å²) in [5.74, 6) is 0.890. The van der Waals surface area contributed by atoms with E-state index in [1.54, 1.807) is 13.3 Å². The molecule has 7 nitrogen and oxygen atoms in total. The first kappa shape index (κ1) is 16.0. The monoisotopic (exact) mass is 340 g/mol. The molecule has 3 heterocycles. The summed E-state index contributed by atoms with van der Waals surface area (Å²) in [6, 6.07) is 8.10. The SMILES string of the molecule is COC1(c2nnc(-c3cnn(-c4ccccc4C)c3C)o2)CCOC1. The minimum atomic E-state index is -0.648. The van der Waals surface area contributed by atoms with Crippen LogP contribution in [0.3, 0.4) is 0 Å². The van der Waals surface area contributed by atoms with Crippen LogP contribution in [0, 0.1) is 13.8 Å². The Morgan fingerprint density at radius 1 is 1.20 bits per heavy atom. The predicted molar refractivity (Wildman–Crippen MR) is 90.5 cm³/mol. The fourth-order valence-electron chi connectivity index (χ4n) is 3.14. The molecule has 1 atom stereocenters. The molecule has 1 fully saturated rings. The number of hydrogen-bond acceptors (Lipinski definition) is 6. The van der Waals surface area contributed by atoms with Crippen LogP contribution in [0.5, 0.6) is 0 Å². The first-order chi connectivity index (χ1) is 12.1. The van der Waals surface area contributed by atoms with Crippen LogP contribution in [-0.4, -0.2) is 40.3 Å². The van der Waals surface area contributed by atoms with E-state index in [0.29, 0.717) is 31.4 Å². The molecule has 0 bridgehead atoms. The lowest BCUT2D eigenvalue weighted by atomic mass is 10.0. The topological polar surface area (TPSA) is 75.2 Å². The van der Waals surface area contributed by atoms with Gasteiger partial charge in [0.25, 0.3) is 11.8 Å². The molecule has 3 aromatic rings. The summed E-state index contributed by atoms with van der Waals surface area (Å²) in [7, 11) is 1.64. The third-order valence-electron chi connectivity index (χ3n) is 4.77. The van der Waals surface area contributed by atoms with Crippen LogP contribution in [0.25, 0.3) is 17.1 Å². The molecule has 130 valence electrons. The second-order valence-electron chi connectivity index (χ2n) is 6.26. The van der Waals surface area contributed by atoms with Crippen LogP contribution in [0.15, 0.2) is 34.9 Å². The van der Waals surface area contributed by atoms with Gasteiger partial charge in [-0.1, -0.05) is 18.2 Å². The number of aryl methyl sites for hydroxylation is 1. The van der Waals surface area contributed by atoms with Crippen LogP contribution in [0.4, 0.5) is 0 Å². The molecule has 0 N–H and O–H groups in total. The minimum absolute atomic E-state index is 0.423. The van der Waals surface area contributed by atoms with E-state index in [1.165, 1.54) is 0 Å². The molecule has 0 spiro atoms. The minimum Gasteiger partial charge on any atom is -0.417 e. The molecule has 1 unspecified atom stereocenters. The van der Waals surface area contributed by atoms with Crippen LogP contribution >= 0.6 is 0 Å². The lowest BCUT2D eigenvalue weighted by molar-refractivity contribution is -0.0407. The Kier molecular flexibility index (Phi) is 3.89. The summed E-state index contributed by atoms with van der Waals surface area (Å²) >= 11 is 0. The number of rotatable bonds is 4. The van der Waals surface area contributed by atoms with Crippen molar-refractivity contribution in [2.75, 3.05) is 20.3 Å². The number of methoxy groups -OCH3 is 1. The molecule has 25 heavy (non-hydrogen) atoms. The van der Waals surface area contributed by atoms with Gasteiger partial charge >= 0.3 is 0 Å². The van der Waals surface area contributed by atoms with Crippen molar-refractivity contribution in [1.82, 2.24) is 20.0 Å². The van der Waals surface area contributed by atoms with Gasteiger partial charge in [0.1, 0.15) is 0 Å². The summed E-state index contributed by atoms with van der Waals surface area (Å²) in [6.07, 6.45) is 2.45. The molecule has 4 rings (SSSR count). The zero-order valence-corrected chi connectivity index (χ0v) is 14.5. The summed E-state index contributed by atoms with van der Waals surface area (Å²) in [5, 5.41) is 12.9. The number of hydrogen-bond donors (Lipinski definition) is 0. The molecule has 1 aromatic carbocycles. The number of aromatic nitrogens is 4. The fraction of sp³-hybridized carbons (Fsp3) is 0.389. The largest absolute Gasteiger partial charge is 0.417 e. The van der Waals surface area contributed by atoms with Gasteiger partial charge in [-0.15, -0.1) is 10.2 Å².